The first-order chi connectivity index (χ1) is 11.6. The summed E-state index contributed by atoms with van der Waals surface area (Å²) in [7, 11) is 0. The molecule has 0 aliphatic carbocycles. The van der Waals surface area contributed by atoms with Crippen molar-refractivity contribution in [1.82, 2.24) is 10.1 Å². The average molecular weight is 344 g/mol. The molecule has 0 radical (unpaired) electrons. The number of thiophene rings is 1. The summed E-state index contributed by atoms with van der Waals surface area (Å²) in [5.41, 5.74) is 6.66. The molecule has 0 fully saturated rings. The average Bonchev–Trinajstić information content (AvgIpc) is 3.24. The molecule has 3 rings (SSSR count). The number of amides is 2. The Hall–Kier alpha value is -3.20. The maximum Gasteiger partial charge on any atom is 0.338 e. The Balaban J connectivity index is 1.58. The molecular formula is C15H12N4O4S. The number of hydrogen-bond donors (Lipinski definition) is 2. The van der Waals surface area contributed by atoms with E-state index in [0.29, 0.717) is 17.1 Å². The number of nitrogens with two attached hydrogens (primary N) is 1. The molecule has 8 nitrogen and oxygen atoms in total. The van der Waals surface area contributed by atoms with Crippen LogP contribution in [-0.4, -0.2) is 22.1 Å². The summed E-state index contributed by atoms with van der Waals surface area (Å²) in [5.74, 6) is 0.108. The van der Waals surface area contributed by atoms with Crippen molar-refractivity contribution < 1.29 is 18.8 Å². The van der Waals surface area contributed by atoms with Crippen LogP contribution < -0.4 is 11.1 Å². The number of urea groups is 1. The Morgan fingerprint density at radius 3 is 2.71 bits per heavy atom. The van der Waals surface area contributed by atoms with Crippen molar-refractivity contribution >= 4 is 29.0 Å². The van der Waals surface area contributed by atoms with Crippen LogP contribution in [0.1, 0.15) is 16.2 Å². The zero-order valence-corrected chi connectivity index (χ0v) is 13.1. The lowest BCUT2D eigenvalue weighted by molar-refractivity contribution is 0.0430. The molecular weight excluding hydrogens is 332 g/mol. The highest BCUT2D eigenvalue weighted by Crippen LogP contribution is 2.19. The Labute approximate surface area is 140 Å². The molecule has 2 aromatic heterocycles. The van der Waals surface area contributed by atoms with E-state index in [0.717, 1.165) is 5.56 Å². The topological polar surface area (TPSA) is 120 Å². The normalized spacial score (nSPS) is 10.3. The van der Waals surface area contributed by atoms with E-state index in [2.05, 4.69) is 15.5 Å². The monoisotopic (exact) mass is 344 g/mol. The molecule has 0 unspecified atom stereocenters. The van der Waals surface area contributed by atoms with E-state index in [4.69, 9.17) is 15.0 Å². The molecule has 0 aliphatic heterocycles. The van der Waals surface area contributed by atoms with E-state index in [1.54, 1.807) is 12.1 Å². The summed E-state index contributed by atoms with van der Waals surface area (Å²) in [4.78, 5) is 26.9. The number of esters is 1. The third-order valence-electron chi connectivity index (χ3n) is 2.96. The molecule has 0 atom stereocenters. The molecule has 122 valence electrons. The Bertz CT molecular complexity index is 843. The lowest BCUT2D eigenvalue weighted by Crippen LogP contribution is -2.19. The summed E-state index contributed by atoms with van der Waals surface area (Å²) in [6.07, 6.45) is 0. The number of nitrogens with one attached hydrogen (secondary N) is 1. The largest absolute Gasteiger partial charge is 0.452 e. The first-order valence-electron chi connectivity index (χ1n) is 6.80. The maximum absolute atomic E-state index is 12.0. The first kappa shape index (κ1) is 15.7. The molecule has 1 aromatic carbocycles. The number of aromatic nitrogens is 2. The van der Waals surface area contributed by atoms with E-state index in [-0.39, 0.29) is 12.5 Å². The predicted molar refractivity (Wildman–Crippen MR) is 86.4 cm³/mol. The van der Waals surface area contributed by atoms with Crippen LogP contribution in [-0.2, 0) is 11.3 Å². The minimum Gasteiger partial charge on any atom is -0.452 e. The Morgan fingerprint density at radius 2 is 2.04 bits per heavy atom. The van der Waals surface area contributed by atoms with Gasteiger partial charge in [0.05, 0.1) is 5.56 Å². The molecule has 2 amide bonds. The van der Waals surface area contributed by atoms with Crippen LogP contribution >= 0.6 is 11.3 Å². The second-order valence-electron chi connectivity index (χ2n) is 4.67. The van der Waals surface area contributed by atoms with E-state index in [9.17, 15) is 9.59 Å². The van der Waals surface area contributed by atoms with Crippen LogP contribution in [0, 0.1) is 0 Å². The van der Waals surface area contributed by atoms with Crippen LogP contribution in [0.3, 0.4) is 0 Å². The number of hydrogen-bond acceptors (Lipinski definition) is 7. The highest BCUT2D eigenvalue weighted by molar-refractivity contribution is 7.08. The molecule has 9 heteroatoms. The second-order valence-corrected chi connectivity index (χ2v) is 5.45. The van der Waals surface area contributed by atoms with Gasteiger partial charge in [0.1, 0.15) is 0 Å². The molecule has 3 aromatic rings. The molecule has 0 saturated heterocycles. The molecule has 0 spiro atoms. The van der Waals surface area contributed by atoms with Crippen molar-refractivity contribution in [3.8, 4) is 11.4 Å². The van der Waals surface area contributed by atoms with Gasteiger partial charge >= 0.3 is 12.0 Å². The molecule has 0 bridgehead atoms. The van der Waals surface area contributed by atoms with Crippen molar-refractivity contribution in [1.29, 1.82) is 0 Å². The van der Waals surface area contributed by atoms with Gasteiger partial charge in [0.25, 0.3) is 5.89 Å². The van der Waals surface area contributed by atoms with Gasteiger partial charge in [0, 0.05) is 16.6 Å². The third kappa shape index (κ3) is 3.76. The van der Waals surface area contributed by atoms with Gasteiger partial charge in [-0.25, -0.2) is 9.59 Å². The van der Waals surface area contributed by atoms with Gasteiger partial charge in [-0.15, -0.1) is 0 Å². The van der Waals surface area contributed by atoms with Gasteiger partial charge in [0.2, 0.25) is 5.82 Å². The van der Waals surface area contributed by atoms with Crippen LogP contribution in [0.15, 0.2) is 45.6 Å². The zero-order chi connectivity index (χ0) is 16.9. The standard InChI is InChI=1S/C15H12N4O4S/c16-15(21)17-11-3-1-9(2-4-11)14(20)22-7-12-18-13(19-23-12)10-5-6-24-8-10/h1-6,8H,7H2,(H3,16,17,21). The van der Waals surface area contributed by atoms with Gasteiger partial charge in [-0.05, 0) is 35.7 Å². The molecule has 0 saturated carbocycles. The summed E-state index contributed by atoms with van der Waals surface area (Å²) in [6.45, 7) is -0.128. The van der Waals surface area contributed by atoms with Crippen molar-refractivity contribution in [2.75, 3.05) is 5.32 Å². The highest BCUT2D eigenvalue weighted by Gasteiger charge is 2.13. The fourth-order valence-electron chi connectivity index (χ4n) is 1.86. The summed E-state index contributed by atoms with van der Waals surface area (Å²) in [5, 5.41) is 10.0. The van der Waals surface area contributed by atoms with Crippen LogP contribution in [0.2, 0.25) is 0 Å². The molecule has 24 heavy (non-hydrogen) atoms. The summed E-state index contributed by atoms with van der Waals surface area (Å²) >= 11 is 1.52. The number of rotatable bonds is 5. The van der Waals surface area contributed by atoms with E-state index < -0.39 is 12.0 Å². The Kier molecular flexibility index (Phi) is 4.52. The lowest BCUT2D eigenvalue weighted by atomic mass is 10.2. The van der Waals surface area contributed by atoms with Gasteiger partial charge in [0.15, 0.2) is 6.61 Å². The summed E-state index contributed by atoms with van der Waals surface area (Å²) in [6, 6.07) is 7.30. The molecule has 3 N–H and O–H groups in total. The minimum atomic E-state index is -0.678. The molecule has 2 heterocycles. The van der Waals surface area contributed by atoms with Crippen LogP contribution in [0.25, 0.3) is 11.4 Å². The summed E-state index contributed by atoms with van der Waals surface area (Å²) < 4.78 is 10.2. The van der Waals surface area contributed by atoms with Gasteiger partial charge in [-0.2, -0.15) is 16.3 Å². The number of primary amides is 1. The van der Waals surface area contributed by atoms with Crippen LogP contribution in [0.4, 0.5) is 10.5 Å². The van der Waals surface area contributed by atoms with E-state index >= 15 is 0 Å². The maximum atomic E-state index is 12.0. The number of anilines is 1. The van der Waals surface area contributed by atoms with Gasteiger partial charge < -0.3 is 20.3 Å². The highest BCUT2D eigenvalue weighted by atomic mass is 32.1. The quantitative estimate of drug-likeness (QED) is 0.686. The van der Waals surface area contributed by atoms with E-state index in [1.165, 1.54) is 23.5 Å². The fraction of sp³-hybridized carbons (Fsp3) is 0.0667. The predicted octanol–water partition coefficient (Wildman–Crippen LogP) is 2.65. The van der Waals surface area contributed by atoms with Crippen molar-refractivity contribution in [2.45, 2.75) is 6.61 Å². The number of nitrogens with zero attached hydrogens (tertiary/aromatic N) is 2. The number of benzene rings is 1. The lowest BCUT2D eigenvalue weighted by Gasteiger charge is -2.04. The second kappa shape index (κ2) is 6.92. The van der Waals surface area contributed by atoms with Crippen molar-refractivity contribution in [3.63, 3.8) is 0 Å². The number of carbonyl (C=O) groups excluding carboxylic acids is 2. The van der Waals surface area contributed by atoms with Crippen LogP contribution in [0.5, 0.6) is 0 Å². The number of ether oxygens (including phenoxy) is 1. The SMILES string of the molecule is NC(=O)Nc1ccc(C(=O)OCc2nc(-c3ccsc3)no2)cc1. The zero-order valence-electron chi connectivity index (χ0n) is 12.3. The van der Waals surface area contributed by atoms with Gasteiger partial charge in [-0.1, -0.05) is 5.16 Å². The van der Waals surface area contributed by atoms with Crippen molar-refractivity contribution in [3.05, 3.63) is 52.5 Å². The Morgan fingerprint density at radius 1 is 1.25 bits per heavy atom. The molecule has 0 aliphatic rings. The number of carbonyl (C=O) groups is 2. The smallest absolute Gasteiger partial charge is 0.338 e. The third-order valence-corrected chi connectivity index (χ3v) is 3.65. The van der Waals surface area contributed by atoms with Gasteiger partial charge in [-0.3, -0.25) is 0 Å². The first-order valence-corrected chi connectivity index (χ1v) is 7.75. The van der Waals surface area contributed by atoms with Crippen molar-refractivity contribution in [2.24, 2.45) is 5.73 Å². The van der Waals surface area contributed by atoms with E-state index in [1.807, 2.05) is 16.8 Å². The minimum absolute atomic E-state index is 0.128. The fourth-order valence-corrected chi connectivity index (χ4v) is 2.50.